The zero-order valence-electron chi connectivity index (χ0n) is 14.6. The Kier molecular flexibility index (Phi) is 5.02. The number of carbonyl (C=O) groups excluding carboxylic acids is 2. The molecule has 2 aromatic rings. The summed E-state index contributed by atoms with van der Waals surface area (Å²) in [7, 11) is 0. The highest BCUT2D eigenvalue weighted by Crippen LogP contribution is 2.27. The quantitative estimate of drug-likeness (QED) is 0.777. The van der Waals surface area contributed by atoms with Gasteiger partial charge in [-0.15, -0.1) is 11.8 Å². The Balaban J connectivity index is 1.26. The first-order chi connectivity index (χ1) is 12.7. The molecule has 2 aliphatic rings. The molecular formula is C20H22N2O3S. The number of piperazine rings is 1. The molecule has 2 amide bonds. The molecule has 0 saturated carbocycles. The molecule has 2 heterocycles. The van der Waals surface area contributed by atoms with Crippen LogP contribution in [0.3, 0.4) is 0 Å². The molecule has 0 atom stereocenters. The van der Waals surface area contributed by atoms with E-state index in [1.807, 2.05) is 4.90 Å². The first-order valence-corrected chi connectivity index (χ1v) is 10.0. The van der Waals surface area contributed by atoms with E-state index in [0.717, 1.165) is 6.42 Å². The lowest BCUT2D eigenvalue weighted by Gasteiger charge is -2.34. The third-order valence-corrected chi connectivity index (χ3v) is 6.10. The van der Waals surface area contributed by atoms with Gasteiger partial charge in [0.1, 0.15) is 6.26 Å². The predicted octanol–water partition coefficient (Wildman–Crippen LogP) is 2.85. The van der Waals surface area contributed by atoms with Crippen LogP contribution in [-0.4, -0.2) is 53.5 Å². The third-order valence-electron chi connectivity index (χ3n) is 5.12. The third kappa shape index (κ3) is 3.65. The highest BCUT2D eigenvalue weighted by atomic mass is 32.2. The molecule has 1 fully saturated rings. The van der Waals surface area contributed by atoms with Crippen LogP contribution in [0.1, 0.15) is 27.9 Å². The molecule has 6 heteroatoms. The van der Waals surface area contributed by atoms with E-state index in [2.05, 4.69) is 18.2 Å². The Morgan fingerprint density at radius 3 is 2.54 bits per heavy atom. The minimum absolute atomic E-state index is 0.0293. The molecule has 0 N–H and O–H groups in total. The van der Waals surface area contributed by atoms with Crippen LogP contribution in [0.2, 0.25) is 0 Å². The lowest BCUT2D eigenvalue weighted by Crippen LogP contribution is -2.51. The van der Waals surface area contributed by atoms with Gasteiger partial charge in [0, 0.05) is 31.1 Å². The van der Waals surface area contributed by atoms with E-state index < -0.39 is 0 Å². The lowest BCUT2D eigenvalue weighted by molar-refractivity contribution is -0.129. The molecule has 0 spiro atoms. The van der Waals surface area contributed by atoms with Gasteiger partial charge in [0.15, 0.2) is 0 Å². The van der Waals surface area contributed by atoms with E-state index >= 15 is 0 Å². The van der Waals surface area contributed by atoms with Crippen LogP contribution in [0.25, 0.3) is 0 Å². The van der Waals surface area contributed by atoms with E-state index in [1.54, 1.807) is 22.7 Å². The van der Waals surface area contributed by atoms with Crippen LogP contribution in [0, 0.1) is 0 Å². The molecule has 0 unspecified atom stereocenters. The van der Waals surface area contributed by atoms with Gasteiger partial charge in [0.2, 0.25) is 5.91 Å². The predicted molar refractivity (Wildman–Crippen MR) is 100 cm³/mol. The maximum absolute atomic E-state index is 12.5. The summed E-state index contributed by atoms with van der Waals surface area (Å²) in [5.41, 5.74) is 3.46. The van der Waals surface area contributed by atoms with Crippen molar-refractivity contribution < 1.29 is 14.0 Å². The average molecular weight is 370 g/mol. The van der Waals surface area contributed by atoms with Crippen LogP contribution < -0.4 is 0 Å². The van der Waals surface area contributed by atoms with Gasteiger partial charge in [-0.3, -0.25) is 9.59 Å². The number of benzene rings is 1. The summed E-state index contributed by atoms with van der Waals surface area (Å²) in [5, 5.41) is 0. The topological polar surface area (TPSA) is 53.8 Å². The molecule has 0 bridgehead atoms. The van der Waals surface area contributed by atoms with Crippen LogP contribution in [-0.2, 0) is 17.6 Å². The normalized spacial score (nSPS) is 16.6. The van der Waals surface area contributed by atoms with Crippen molar-refractivity contribution in [2.75, 3.05) is 31.9 Å². The van der Waals surface area contributed by atoms with Gasteiger partial charge >= 0.3 is 0 Å². The molecule has 0 radical (unpaired) electrons. The molecular weight excluding hydrogens is 348 g/mol. The highest BCUT2D eigenvalue weighted by molar-refractivity contribution is 8.00. The summed E-state index contributed by atoms with van der Waals surface area (Å²) >= 11 is 1.61. The van der Waals surface area contributed by atoms with Gasteiger partial charge in [0.05, 0.1) is 17.6 Å². The van der Waals surface area contributed by atoms with Crippen LogP contribution in [0.5, 0.6) is 0 Å². The fraction of sp³-hybridized carbons (Fsp3) is 0.400. The van der Waals surface area contributed by atoms with Gasteiger partial charge in [-0.25, -0.2) is 0 Å². The van der Waals surface area contributed by atoms with Crippen molar-refractivity contribution in [1.82, 2.24) is 9.80 Å². The van der Waals surface area contributed by atoms with Crippen molar-refractivity contribution >= 4 is 23.6 Å². The van der Waals surface area contributed by atoms with Crippen molar-refractivity contribution in [2.24, 2.45) is 0 Å². The molecule has 1 saturated heterocycles. The van der Waals surface area contributed by atoms with Crippen molar-refractivity contribution in [3.63, 3.8) is 0 Å². The molecule has 1 aliphatic carbocycles. The van der Waals surface area contributed by atoms with E-state index in [1.165, 1.54) is 41.4 Å². The fourth-order valence-electron chi connectivity index (χ4n) is 3.60. The Morgan fingerprint density at radius 1 is 1.00 bits per heavy atom. The minimum Gasteiger partial charge on any atom is -0.472 e. The van der Waals surface area contributed by atoms with E-state index in [-0.39, 0.29) is 11.8 Å². The SMILES string of the molecule is O=C(CSc1ccc2c(c1)CCC2)N1CCN(C(=O)c2ccoc2)CC1. The van der Waals surface area contributed by atoms with Crippen molar-refractivity contribution in [3.05, 3.63) is 53.5 Å². The molecule has 1 aromatic heterocycles. The summed E-state index contributed by atoms with van der Waals surface area (Å²) in [5.74, 6) is 0.568. The first-order valence-electron chi connectivity index (χ1n) is 9.04. The van der Waals surface area contributed by atoms with Crippen molar-refractivity contribution in [1.29, 1.82) is 0 Å². The zero-order valence-corrected chi connectivity index (χ0v) is 15.5. The van der Waals surface area contributed by atoms with Gasteiger partial charge in [0.25, 0.3) is 5.91 Å². The number of fused-ring (bicyclic) bond motifs is 1. The standard InChI is InChI=1S/C20H22N2O3S/c23-19(14-26-18-5-4-15-2-1-3-16(15)12-18)21-7-9-22(10-8-21)20(24)17-6-11-25-13-17/h4-6,11-13H,1-3,7-10,14H2. The maximum atomic E-state index is 12.5. The monoisotopic (exact) mass is 370 g/mol. The number of hydrogen-bond donors (Lipinski definition) is 0. The molecule has 5 nitrogen and oxygen atoms in total. The number of hydrogen-bond acceptors (Lipinski definition) is 4. The van der Waals surface area contributed by atoms with Crippen LogP contribution in [0.15, 0.2) is 46.1 Å². The smallest absolute Gasteiger partial charge is 0.257 e. The fourth-order valence-corrected chi connectivity index (χ4v) is 4.46. The summed E-state index contributed by atoms with van der Waals surface area (Å²) < 4.78 is 4.97. The molecule has 1 aliphatic heterocycles. The van der Waals surface area contributed by atoms with E-state index in [4.69, 9.17) is 4.42 Å². The lowest BCUT2D eigenvalue weighted by atomic mass is 10.1. The number of aryl methyl sites for hydroxylation is 2. The number of thioether (sulfide) groups is 1. The van der Waals surface area contributed by atoms with Crippen molar-refractivity contribution in [2.45, 2.75) is 24.2 Å². The minimum atomic E-state index is -0.0293. The Bertz CT molecular complexity index is 795. The average Bonchev–Trinajstić information content (AvgIpc) is 3.37. The second-order valence-corrected chi connectivity index (χ2v) is 7.81. The Morgan fingerprint density at radius 2 is 1.77 bits per heavy atom. The number of carbonyl (C=O) groups is 2. The number of amides is 2. The second kappa shape index (κ2) is 7.58. The molecule has 4 rings (SSSR count). The number of rotatable bonds is 4. The summed E-state index contributed by atoms with van der Waals surface area (Å²) in [6.45, 7) is 2.32. The van der Waals surface area contributed by atoms with Gasteiger partial charge in [-0.2, -0.15) is 0 Å². The van der Waals surface area contributed by atoms with Gasteiger partial charge in [-0.05, 0) is 48.6 Å². The van der Waals surface area contributed by atoms with Crippen LogP contribution >= 0.6 is 11.8 Å². The number of nitrogens with zero attached hydrogens (tertiary/aromatic N) is 2. The number of furan rings is 1. The highest BCUT2D eigenvalue weighted by Gasteiger charge is 2.25. The molecule has 26 heavy (non-hydrogen) atoms. The molecule has 1 aromatic carbocycles. The first kappa shape index (κ1) is 17.2. The van der Waals surface area contributed by atoms with Gasteiger partial charge < -0.3 is 14.2 Å². The van der Waals surface area contributed by atoms with Gasteiger partial charge in [-0.1, -0.05) is 6.07 Å². The Hall–Kier alpha value is -2.21. The summed E-state index contributed by atoms with van der Waals surface area (Å²) in [4.78, 5) is 29.6. The second-order valence-electron chi connectivity index (χ2n) is 6.76. The van der Waals surface area contributed by atoms with E-state index in [9.17, 15) is 9.59 Å². The largest absolute Gasteiger partial charge is 0.472 e. The Labute approximate surface area is 157 Å². The van der Waals surface area contributed by atoms with Crippen LogP contribution in [0.4, 0.5) is 0 Å². The maximum Gasteiger partial charge on any atom is 0.257 e. The zero-order chi connectivity index (χ0) is 17.9. The summed E-state index contributed by atoms with van der Waals surface area (Å²) in [6.07, 6.45) is 6.55. The van der Waals surface area contributed by atoms with Crippen molar-refractivity contribution in [3.8, 4) is 0 Å². The van der Waals surface area contributed by atoms with E-state index in [0.29, 0.717) is 37.5 Å². The summed E-state index contributed by atoms with van der Waals surface area (Å²) in [6, 6.07) is 8.24. The molecule has 136 valence electrons.